The molecule has 0 aliphatic carbocycles. The first-order valence-electron chi connectivity index (χ1n) is 9.43. The van der Waals surface area contributed by atoms with E-state index in [0.717, 1.165) is 15.6 Å². The van der Waals surface area contributed by atoms with Crippen molar-refractivity contribution in [1.29, 1.82) is 0 Å². The lowest BCUT2D eigenvalue weighted by molar-refractivity contribution is -0.136. The minimum atomic E-state index is -0.637. The van der Waals surface area contributed by atoms with Crippen LogP contribution >= 0.6 is 27.3 Å². The van der Waals surface area contributed by atoms with Gasteiger partial charge in [0.1, 0.15) is 5.75 Å². The third-order valence-electron chi connectivity index (χ3n) is 5.03. The zero-order valence-corrected chi connectivity index (χ0v) is 19.5. The first kappa shape index (κ1) is 21.3. The Morgan fingerprint density at radius 1 is 1.13 bits per heavy atom. The van der Waals surface area contributed by atoms with Gasteiger partial charge in [-0.1, -0.05) is 51.5 Å². The number of fused-ring (bicyclic) bond motifs is 1. The number of rotatable bonds is 4. The maximum atomic E-state index is 13.4. The molecule has 1 aromatic heterocycles. The standard InChI is InChI=1S/C23H19BrN2O4S/c1-13-19(22(28)30-3)20(15-6-10-17(29-2)11-7-15)26-21(27)18(31-23(26)25-13)12-14-4-8-16(24)9-5-14/h4-12,20H,1-3H3/b18-12-. The molecule has 2 heterocycles. The van der Waals surface area contributed by atoms with Crippen LogP contribution in [0.5, 0.6) is 5.75 Å². The second kappa shape index (κ2) is 8.64. The summed E-state index contributed by atoms with van der Waals surface area (Å²) in [5.74, 6) is 0.177. The number of hydrogen-bond donors (Lipinski definition) is 0. The summed E-state index contributed by atoms with van der Waals surface area (Å²) in [6, 6.07) is 14.3. The van der Waals surface area contributed by atoms with E-state index < -0.39 is 12.0 Å². The van der Waals surface area contributed by atoms with Crippen molar-refractivity contribution in [2.24, 2.45) is 4.99 Å². The van der Waals surface area contributed by atoms with Crippen LogP contribution in [0.1, 0.15) is 24.1 Å². The number of halogens is 1. The summed E-state index contributed by atoms with van der Waals surface area (Å²) in [6.07, 6.45) is 1.83. The molecule has 31 heavy (non-hydrogen) atoms. The number of methoxy groups -OCH3 is 2. The molecular formula is C23H19BrN2O4S. The van der Waals surface area contributed by atoms with E-state index in [2.05, 4.69) is 20.9 Å². The van der Waals surface area contributed by atoms with Crippen LogP contribution in [0.25, 0.3) is 6.08 Å². The minimum absolute atomic E-state index is 0.207. The van der Waals surface area contributed by atoms with Crippen molar-refractivity contribution in [2.45, 2.75) is 13.0 Å². The van der Waals surface area contributed by atoms with Crippen LogP contribution < -0.4 is 19.6 Å². The molecule has 1 aliphatic heterocycles. The van der Waals surface area contributed by atoms with E-state index in [-0.39, 0.29) is 5.56 Å². The molecule has 2 aromatic carbocycles. The molecule has 1 unspecified atom stereocenters. The van der Waals surface area contributed by atoms with Crippen molar-refractivity contribution in [2.75, 3.05) is 14.2 Å². The molecule has 0 amide bonds. The number of carbonyl (C=O) groups excluding carboxylic acids is 1. The van der Waals surface area contributed by atoms with Gasteiger partial charge in [0.25, 0.3) is 5.56 Å². The third-order valence-corrected chi connectivity index (χ3v) is 6.54. The number of benzene rings is 2. The lowest BCUT2D eigenvalue weighted by Crippen LogP contribution is -2.39. The van der Waals surface area contributed by atoms with E-state index in [1.54, 1.807) is 30.7 Å². The van der Waals surface area contributed by atoms with Gasteiger partial charge in [-0.05, 0) is 48.4 Å². The number of carbonyl (C=O) groups is 1. The SMILES string of the molecule is COC(=O)C1=C(C)N=c2s/c(=C\c3ccc(Br)cc3)c(=O)n2C1c1ccc(OC)cc1. The molecule has 158 valence electrons. The highest BCUT2D eigenvalue weighted by molar-refractivity contribution is 9.10. The summed E-state index contributed by atoms with van der Waals surface area (Å²) < 4.78 is 13.3. The van der Waals surface area contributed by atoms with Crippen LogP contribution in [0, 0.1) is 0 Å². The summed E-state index contributed by atoms with van der Waals surface area (Å²) in [7, 11) is 2.91. The van der Waals surface area contributed by atoms with Crippen LogP contribution in [0.3, 0.4) is 0 Å². The molecule has 0 N–H and O–H groups in total. The summed E-state index contributed by atoms with van der Waals surface area (Å²) in [4.78, 5) is 31.2. The highest BCUT2D eigenvalue weighted by atomic mass is 79.9. The van der Waals surface area contributed by atoms with Gasteiger partial charge in [0, 0.05) is 4.47 Å². The Kier molecular flexibility index (Phi) is 5.93. The van der Waals surface area contributed by atoms with E-state index >= 15 is 0 Å². The van der Waals surface area contributed by atoms with Crippen LogP contribution in [0.15, 0.2) is 74.1 Å². The van der Waals surface area contributed by atoms with Crippen molar-refractivity contribution in [3.05, 3.63) is 95.1 Å². The maximum Gasteiger partial charge on any atom is 0.338 e. The minimum Gasteiger partial charge on any atom is -0.497 e. The predicted octanol–water partition coefficient (Wildman–Crippen LogP) is 3.18. The first-order valence-corrected chi connectivity index (χ1v) is 11.0. The fourth-order valence-electron chi connectivity index (χ4n) is 3.50. The normalized spacial score (nSPS) is 16.0. The highest BCUT2D eigenvalue weighted by Gasteiger charge is 2.33. The molecule has 0 bridgehead atoms. The quantitative estimate of drug-likeness (QED) is 0.518. The average molecular weight is 499 g/mol. The maximum absolute atomic E-state index is 13.4. The fraction of sp³-hybridized carbons (Fsp3) is 0.174. The Morgan fingerprint density at radius 2 is 1.81 bits per heavy atom. The molecule has 3 aromatic rings. The smallest absolute Gasteiger partial charge is 0.338 e. The largest absolute Gasteiger partial charge is 0.497 e. The Bertz CT molecular complexity index is 1350. The molecular weight excluding hydrogens is 480 g/mol. The molecule has 0 saturated carbocycles. The monoisotopic (exact) mass is 498 g/mol. The Balaban J connectivity index is 1.94. The molecule has 1 aliphatic rings. The molecule has 0 fully saturated rings. The number of ether oxygens (including phenoxy) is 2. The molecule has 0 saturated heterocycles. The fourth-order valence-corrected chi connectivity index (χ4v) is 4.82. The van der Waals surface area contributed by atoms with Gasteiger partial charge in [0.15, 0.2) is 4.80 Å². The van der Waals surface area contributed by atoms with E-state index in [4.69, 9.17) is 9.47 Å². The van der Waals surface area contributed by atoms with Crippen molar-refractivity contribution in [1.82, 2.24) is 4.57 Å². The number of thiazole rings is 1. The van der Waals surface area contributed by atoms with Gasteiger partial charge < -0.3 is 9.47 Å². The molecule has 0 radical (unpaired) electrons. The molecule has 4 rings (SSSR count). The molecule has 1 atom stereocenters. The van der Waals surface area contributed by atoms with Crippen molar-refractivity contribution >= 4 is 39.3 Å². The summed E-state index contributed by atoms with van der Waals surface area (Å²) in [6.45, 7) is 1.76. The Hall–Kier alpha value is -2.97. The lowest BCUT2D eigenvalue weighted by atomic mass is 9.96. The average Bonchev–Trinajstić information content (AvgIpc) is 3.08. The van der Waals surface area contributed by atoms with E-state index in [0.29, 0.717) is 26.4 Å². The Labute approximate surface area is 190 Å². The van der Waals surface area contributed by atoms with Crippen molar-refractivity contribution < 1.29 is 14.3 Å². The van der Waals surface area contributed by atoms with Gasteiger partial charge in [0.2, 0.25) is 0 Å². The van der Waals surface area contributed by atoms with Crippen LogP contribution in [-0.4, -0.2) is 24.8 Å². The highest BCUT2D eigenvalue weighted by Crippen LogP contribution is 2.31. The van der Waals surface area contributed by atoms with Crippen LogP contribution in [0.2, 0.25) is 0 Å². The second-order valence-corrected chi connectivity index (χ2v) is 8.82. The number of allylic oxidation sites excluding steroid dienone is 1. The van der Waals surface area contributed by atoms with E-state index in [9.17, 15) is 9.59 Å². The summed E-state index contributed by atoms with van der Waals surface area (Å²) in [5.41, 5.74) is 2.34. The summed E-state index contributed by atoms with van der Waals surface area (Å²) >= 11 is 4.72. The number of aromatic nitrogens is 1. The van der Waals surface area contributed by atoms with Gasteiger partial charge in [-0.25, -0.2) is 9.79 Å². The lowest BCUT2D eigenvalue weighted by Gasteiger charge is -2.24. The molecule has 6 nitrogen and oxygen atoms in total. The van der Waals surface area contributed by atoms with Crippen LogP contribution in [-0.2, 0) is 9.53 Å². The molecule has 8 heteroatoms. The molecule has 0 spiro atoms. The van der Waals surface area contributed by atoms with Gasteiger partial charge in [-0.3, -0.25) is 9.36 Å². The Morgan fingerprint density at radius 3 is 2.42 bits per heavy atom. The zero-order valence-electron chi connectivity index (χ0n) is 17.1. The van der Waals surface area contributed by atoms with Crippen molar-refractivity contribution in [3.8, 4) is 5.75 Å². The summed E-state index contributed by atoms with van der Waals surface area (Å²) in [5, 5.41) is 0. The number of esters is 1. The number of nitrogens with zero attached hydrogens (tertiary/aromatic N) is 2. The van der Waals surface area contributed by atoms with Gasteiger partial charge in [-0.2, -0.15) is 0 Å². The third kappa shape index (κ3) is 4.00. The van der Waals surface area contributed by atoms with Gasteiger partial charge in [-0.15, -0.1) is 0 Å². The number of hydrogen-bond acceptors (Lipinski definition) is 6. The first-order chi connectivity index (χ1) is 14.9. The predicted molar refractivity (Wildman–Crippen MR) is 123 cm³/mol. The zero-order chi connectivity index (χ0) is 22.1. The topological polar surface area (TPSA) is 69.9 Å². The van der Waals surface area contributed by atoms with Crippen molar-refractivity contribution in [3.63, 3.8) is 0 Å². The van der Waals surface area contributed by atoms with E-state index in [1.165, 1.54) is 18.4 Å². The van der Waals surface area contributed by atoms with Gasteiger partial charge >= 0.3 is 5.97 Å². The van der Waals surface area contributed by atoms with E-state index in [1.807, 2.05) is 42.5 Å². The second-order valence-electron chi connectivity index (χ2n) is 6.90. The van der Waals surface area contributed by atoms with Gasteiger partial charge in [0.05, 0.1) is 36.1 Å². The van der Waals surface area contributed by atoms with Crippen LogP contribution in [0.4, 0.5) is 0 Å².